The second-order valence-corrected chi connectivity index (χ2v) is 6.82. The minimum atomic E-state index is -0.959. The van der Waals surface area contributed by atoms with Crippen molar-refractivity contribution in [3.8, 4) is 0 Å². The van der Waals surface area contributed by atoms with E-state index in [9.17, 15) is 9.59 Å². The van der Waals surface area contributed by atoms with Crippen molar-refractivity contribution in [2.45, 2.75) is 27.7 Å². The van der Waals surface area contributed by atoms with E-state index in [4.69, 9.17) is 19.6 Å². The van der Waals surface area contributed by atoms with E-state index in [-0.39, 0.29) is 6.29 Å². The largest absolute Gasteiger partial charge is 0.373 e. The fourth-order valence-electron chi connectivity index (χ4n) is 2.03. The average molecular weight is 370 g/mol. The highest BCUT2D eigenvalue weighted by molar-refractivity contribution is 5.89. The van der Waals surface area contributed by atoms with Crippen LogP contribution in [-0.4, -0.2) is 11.9 Å². The zero-order chi connectivity index (χ0) is 20.0. The molecule has 27 heavy (non-hydrogen) atoms. The summed E-state index contributed by atoms with van der Waals surface area (Å²) in [6, 6.07) is 13.6. The molecule has 6 heteroatoms. The van der Waals surface area contributed by atoms with Gasteiger partial charge >= 0.3 is 18.2 Å². The quantitative estimate of drug-likeness (QED) is 0.527. The van der Waals surface area contributed by atoms with Gasteiger partial charge in [0.15, 0.2) is 0 Å². The van der Waals surface area contributed by atoms with Crippen molar-refractivity contribution in [3.05, 3.63) is 84.0 Å². The molecule has 142 valence electrons. The fourth-order valence-corrected chi connectivity index (χ4v) is 2.03. The van der Waals surface area contributed by atoms with Gasteiger partial charge in [-0.05, 0) is 45.0 Å². The van der Waals surface area contributed by atoms with E-state index in [1.54, 1.807) is 50.2 Å². The van der Waals surface area contributed by atoms with Gasteiger partial charge in [0.25, 0.3) is 0 Å². The number of aryl methyl sites for hydroxylation is 2. The first-order chi connectivity index (χ1) is 12.7. The SMILES string of the molecule is [CH2]C(C)(C)[C](OOC(=O)c1cccc(C)c1)OOC(=O)c1cccc(C)c1. The van der Waals surface area contributed by atoms with Crippen molar-refractivity contribution < 1.29 is 29.1 Å². The zero-order valence-corrected chi connectivity index (χ0v) is 15.8. The highest BCUT2D eigenvalue weighted by Crippen LogP contribution is 2.30. The Hall–Kier alpha value is -2.70. The van der Waals surface area contributed by atoms with Crippen LogP contribution in [0.4, 0.5) is 0 Å². The summed E-state index contributed by atoms with van der Waals surface area (Å²) in [5, 5.41) is 0. The molecule has 2 aromatic carbocycles. The topological polar surface area (TPSA) is 71.1 Å². The van der Waals surface area contributed by atoms with Gasteiger partial charge in [-0.15, -0.1) is 9.78 Å². The van der Waals surface area contributed by atoms with Crippen LogP contribution in [0.1, 0.15) is 45.7 Å². The molecule has 0 aliphatic rings. The molecular formula is C21H22O6. The van der Waals surface area contributed by atoms with Crippen molar-refractivity contribution >= 4 is 11.9 Å². The molecule has 6 nitrogen and oxygen atoms in total. The maximum Gasteiger partial charge on any atom is 0.373 e. The van der Waals surface area contributed by atoms with Gasteiger partial charge in [0, 0.05) is 5.41 Å². The predicted octanol–water partition coefficient (Wildman–Crippen LogP) is 4.53. The second-order valence-electron chi connectivity index (χ2n) is 6.82. The van der Waals surface area contributed by atoms with E-state index in [1.165, 1.54) is 0 Å². The number of carbonyl (C=O) groups is 2. The number of carbonyl (C=O) groups excluding carboxylic acids is 2. The van der Waals surface area contributed by atoms with Crippen LogP contribution in [0.25, 0.3) is 0 Å². The molecule has 0 unspecified atom stereocenters. The van der Waals surface area contributed by atoms with Gasteiger partial charge in [0.2, 0.25) is 0 Å². The lowest BCUT2D eigenvalue weighted by Crippen LogP contribution is -2.27. The normalized spacial score (nSPS) is 11.3. The summed E-state index contributed by atoms with van der Waals surface area (Å²) in [5.74, 6) is -1.43. The van der Waals surface area contributed by atoms with Crippen LogP contribution in [-0.2, 0) is 19.6 Å². The average Bonchev–Trinajstić information content (AvgIpc) is 2.60. The molecule has 0 amide bonds. The second kappa shape index (κ2) is 8.79. The van der Waals surface area contributed by atoms with Crippen LogP contribution in [0.15, 0.2) is 48.5 Å². The summed E-state index contributed by atoms with van der Waals surface area (Å²) < 4.78 is 0. The summed E-state index contributed by atoms with van der Waals surface area (Å²) >= 11 is 0. The maximum absolute atomic E-state index is 12.1. The minimum absolute atomic E-state index is 0.274. The molecule has 0 fully saturated rings. The van der Waals surface area contributed by atoms with Gasteiger partial charge < -0.3 is 0 Å². The Bertz CT molecular complexity index is 745. The van der Waals surface area contributed by atoms with E-state index in [0.717, 1.165) is 11.1 Å². The van der Waals surface area contributed by atoms with Crippen LogP contribution in [0.3, 0.4) is 0 Å². The highest BCUT2D eigenvalue weighted by Gasteiger charge is 2.34. The predicted molar refractivity (Wildman–Crippen MR) is 97.7 cm³/mol. The van der Waals surface area contributed by atoms with E-state index in [0.29, 0.717) is 11.1 Å². The molecular weight excluding hydrogens is 348 g/mol. The van der Waals surface area contributed by atoms with Crippen molar-refractivity contribution in [1.29, 1.82) is 0 Å². The van der Waals surface area contributed by atoms with Gasteiger partial charge in [-0.3, -0.25) is 9.78 Å². The van der Waals surface area contributed by atoms with E-state index in [1.807, 2.05) is 26.0 Å². The van der Waals surface area contributed by atoms with Crippen LogP contribution >= 0.6 is 0 Å². The smallest absolute Gasteiger partial charge is 0.289 e. The lowest BCUT2D eigenvalue weighted by Gasteiger charge is -2.24. The number of rotatable bonds is 7. The van der Waals surface area contributed by atoms with E-state index < -0.39 is 17.4 Å². The van der Waals surface area contributed by atoms with E-state index in [2.05, 4.69) is 6.92 Å². The summed E-state index contributed by atoms with van der Waals surface area (Å²) in [7, 11) is 0. The van der Waals surface area contributed by atoms with Crippen LogP contribution in [0, 0.1) is 32.5 Å². The van der Waals surface area contributed by atoms with Gasteiger partial charge in [-0.2, -0.15) is 0 Å². The third-order valence-electron chi connectivity index (χ3n) is 3.45. The minimum Gasteiger partial charge on any atom is -0.289 e. The van der Waals surface area contributed by atoms with Crippen LogP contribution in [0.2, 0.25) is 0 Å². The summed E-state index contributed by atoms with van der Waals surface area (Å²) in [4.78, 5) is 43.7. The molecule has 0 aliphatic carbocycles. The first kappa shape index (κ1) is 20.6. The summed E-state index contributed by atoms with van der Waals surface area (Å²) in [5.41, 5.74) is 1.46. The first-order valence-corrected chi connectivity index (χ1v) is 8.30. The molecule has 0 aromatic heterocycles. The fraction of sp³-hybridized carbons (Fsp3) is 0.238. The van der Waals surface area contributed by atoms with Crippen molar-refractivity contribution in [2.75, 3.05) is 0 Å². The Kier molecular flexibility index (Phi) is 6.71. The van der Waals surface area contributed by atoms with Gasteiger partial charge in [-0.1, -0.05) is 49.2 Å². The molecule has 0 bridgehead atoms. The Morgan fingerprint density at radius 1 is 0.778 bits per heavy atom. The molecule has 0 N–H and O–H groups in total. The molecule has 2 aromatic rings. The molecule has 0 atom stereocenters. The van der Waals surface area contributed by atoms with Crippen molar-refractivity contribution in [2.24, 2.45) is 5.41 Å². The van der Waals surface area contributed by atoms with Crippen molar-refractivity contribution in [1.82, 2.24) is 0 Å². The highest BCUT2D eigenvalue weighted by atomic mass is 17.3. The zero-order valence-electron chi connectivity index (χ0n) is 15.8. The Morgan fingerprint density at radius 3 is 1.52 bits per heavy atom. The lowest BCUT2D eigenvalue weighted by atomic mass is 9.96. The third kappa shape index (κ3) is 6.20. The molecule has 2 radical (unpaired) electrons. The molecule has 2 rings (SSSR count). The number of benzene rings is 2. The van der Waals surface area contributed by atoms with E-state index >= 15 is 0 Å². The number of hydrogen-bond donors (Lipinski definition) is 0. The maximum atomic E-state index is 12.1. The lowest BCUT2D eigenvalue weighted by molar-refractivity contribution is -0.378. The van der Waals surface area contributed by atoms with Crippen molar-refractivity contribution in [3.63, 3.8) is 0 Å². The standard InChI is InChI=1S/C21H22O6/c1-14-8-6-10-16(12-14)18(22)24-26-20(21(3,4)5)27-25-19(23)17-11-7-9-15(2)13-17/h6-13H,3H2,1-2,4-5H3. The summed E-state index contributed by atoms with van der Waals surface area (Å²) in [6.07, 6.45) is -0.274. The van der Waals surface area contributed by atoms with Crippen LogP contribution < -0.4 is 0 Å². The third-order valence-corrected chi connectivity index (χ3v) is 3.45. The van der Waals surface area contributed by atoms with Crippen LogP contribution in [0.5, 0.6) is 0 Å². The molecule has 0 saturated heterocycles. The Morgan fingerprint density at radius 2 is 1.19 bits per heavy atom. The molecule has 0 spiro atoms. The molecule has 0 aliphatic heterocycles. The van der Waals surface area contributed by atoms with Gasteiger partial charge in [-0.25, -0.2) is 9.59 Å². The summed E-state index contributed by atoms with van der Waals surface area (Å²) in [6.45, 7) is 10.8. The molecule has 0 saturated carbocycles. The molecule has 0 heterocycles. The number of hydrogen-bond acceptors (Lipinski definition) is 6. The van der Waals surface area contributed by atoms with Gasteiger partial charge in [0.1, 0.15) is 0 Å². The first-order valence-electron chi connectivity index (χ1n) is 8.30. The Balaban J connectivity index is 1.97. The van der Waals surface area contributed by atoms with Gasteiger partial charge in [0.05, 0.1) is 11.1 Å². The Labute approximate surface area is 158 Å². The monoisotopic (exact) mass is 370 g/mol.